The second-order valence-corrected chi connectivity index (χ2v) is 7.25. The number of fused-ring (bicyclic) bond motifs is 2. The van der Waals surface area contributed by atoms with Crippen molar-refractivity contribution >= 4 is 33.7 Å². The SMILES string of the molecule is COc1ccc(OC)c2c1cc(C(=O)N[C@@H](Cc1c[nH]c3ccccc13)C(=O)O)n2C. The molecule has 1 atom stereocenters. The average Bonchev–Trinajstić information content (AvgIpc) is 3.34. The zero-order valence-corrected chi connectivity index (χ0v) is 17.4. The minimum Gasteiger partial charge on any atom is -0.496 e. The van der Waals surface area contributed by atoms with Gasteiger partial charge in [-0.3, -0.25) is 4.79 Å². The van der Waals surface area contributed by atoms with Crippen LogP contribution in [0.4, 0.5) is 0 Å². The topological polar surface area (TPSA) is 106 Å². The molecule has 2 aromatic carbocycles. The molecular weight excluding hydrogens is 398 g/mol. The van der Waals surface area contributed by atoms with Crippen LogP contribution < -0.4 is 14.8 Å². The molecule has 0 saturated carbocycles. The average molecular weight is 421 g/mol. The minimum atomic E-state index is -1.10. The number of aryl methyl sites for hydroxylation is 1. The number of rotatable bonds is 7. The highest BCUT2D eigenvalue weighted by molar-refractivity contribution is 6.03. The second-order valence-electron chi connectivity index (χ2n) is 7.25. The Kier molecular flexibility index (Phi) is 5.29. The maximum atomic E-state index is 13.1. The molecule has 0 fully saturated rings. The van der Waals surface area contributed by atoms with E-state index in [9.17, 15) is 14.7 Å². The lowest BCUT2D eigenvalue weighted by atomic mass is 10.0. The molecule has 4 aromatic rings. The van der Waals surface area contributed by atoms with E-state index in [0.29, 0.717) is 28.1 Å². The number of carboxylic acid groups (broad SMARTS) is 1. The van der Waals surface area contributed by atoms with Crippen molar-refractivity contribution in [2.75, 3.05) is 14.2 Å². The molecule has 0 aliphatic rings. The number of nitrogens with one attached hydrogen (secondary N) is 2. The van der Waals surface area contributed by atoms with Crippen molar-refractivity contribution in [2.45, 2.75) is 12.5 Å². The highest BCUT2D eigenvalue weighted by Gasteiger charge is 2.25. The maximum absolute atomic E-state index is 13.1. The zero-order chi connectivity index (χ0) is 22.1. The van der Waals surface area contributed by atoms with Crippen LogP contribution in [0.5, 0.6) is 11.5 Å². The van der Waals surface area contributed by atoms with Crippen molar-refractivity contribution in [2.24, 2.45) is 7.05 Å². The van der Waals surface area contributed by atoms with Crippen LogP contribution in [0.2, 0.25) is 0 Å². The highest BCUT2D eigenvalue weighted by atomic mass is 16.5. The van der Waals surface area contributed by atoms with Crippen molar-refractivity contribution in [1.29, 1.82) is 0 Å². The third kappa shape index (κ3) is 3.56. The van der Waals surface area contributed by atoms with Crippen molar-refractivity contribution in [3.05, 3.63) is 59.9 Å². The smallest absolute Gasteiger partial charge is 0.326 e. The predicted molar refractivity (Wildman–Crippen MR) is 117 cm³/mol. The summed E-state index contributed by atoms with van der Waals surface area (Å²) in [4.78, 5) is 28.1. The molecule has 31 heavy (non-hydrogen) atoms. The molecule has 0 aliphatic carbocycles. The molecule has 0 saturated heterocycles. The van der Waals surface area contributed by atoms with Gasteiger partial charge >= 0.3 is 5.97 Å². The summed E-state index contributed by atoms with van der Waals surface area (Å²) in [7, 11) is 4.83. The monoisotopic (exact) mass is 421 g/mol. The summed E-state index contributed by atoms with van der Waals surface area (Å²) >= 11 is 0. The lowest BCUT2D eigenvalue weighted by Gasteiger charge is -2.15. The van der Waals surface area contributed by atoms with Gasteiger partial charge in [-0.05, 0) is 29.8 Å². The number of hydrogen-bond acceptors (Lipinski definition) is 4. The normalized spacial score (nSPS) is 12.1. The van der Waals surface area contributed by atoms with E-state index in [1.807, 2.05) is 24.3 Å². The third-order valence-electron chi connectivity index (χ3n) is 5.49. The van der Waals surface area contributed by atoms with Crippen LogP contribution in [0.1, 0.15) is 16.1 Å². The van der Waals surface area contributed by atoms with Gasteiger partial charge in [-0.2, -0.15) is 0 Å². The third-order valence-corrected chi connectivity index (χ3v) is 5.49. The van der Waals surface area contributed by atoms with E-state index in [1.54, 1.807) is 50.2 Å². The number of H-pyrrole nitrogens is 1. The number of ether oxygens (including phenoxy) is 2. The molecular formula is C23H23N3O5. The number of carboxylic acids is 1. The summed E-state index contributed by atoms with van der Waals surface area (Å²) in [6.07, 6.45) is 1.93. The van der Waals surface area contributed by atoms with Crippen LogP contribution in [0.25, 0.3) is 21.8 Å². The molecule has 2 aromatic heterocycles. The molecule has 0 bridgehead atoms. The quantitative estimate of drug-likeness (QED) is 0.425. The van der Waals surface area contributed by atoms with Crippen molar-refractivity contribution in [3.8, 4) is 11.5 Å². The number of aromatic amines is 1. The van der Waals surface area contributed by atoms with Gasteiger partial charge in [-0.25, -0.2) is 4.79 Å². The van der Waals surface area contributed by atoms with Crippen molar-refractivity contribution in [3.63, 3.8) is 0 Å². The fourth-order valence-electron chi connectivity index (χ4n) is 3.92. The van der Waals surface area contributed by atoms with Crippen LogP contribution in [-0.2, 0) is 18.3 Å². The molecule has 3 N–H and O–H groups in total. The van der Waals surface area contributed by atoms with E-state index in [0.717, 1.165) is 16.5 Å². The first-order valence-electron chi connectivity index (χ1n) is 9.73. The predicted octanol–water partition coefficient (Wildman–Crippen LogP) is 3.10. The van der Waals surface area contributed by atoms with Gasteiger partial charge in [0.15, 0.2) is 0 Å². The van der Waals surface area contributed by atoms with Crippen LogP contribution >= 0.6 is 0 Å². The first-order chi connectivity index (χ1) is 14.9. The first-order valence-corrected chi connectivity index (χ1v) is 9.73. The van der Waals surface area contributed by atoms with Gasteiger partial charge in [0.05, 0.1) is 19.7 Å². The van der Waals surface area contributed by atoms with E-state index in [-0.39, 0.29) is 6.42 Å². The molecule has 0 unspecified atom stereocenters. The van der Waals surface area contributed by atoms with Crippen molar-refractivity contribution < 1.29 is 24.2 Å². The Balaban J connectivity index is 1.66. The lowest BCUT2D eigenvalue weighted by molar-refractivity contribution is -0.139. The van der Waals surface area contributed by atoms with Crippen LogP contribution in [0, 0.1) is 0 Å². The number of nitrogens with zero attached hydrogens (tertiary/aromatic N) is 1. The fourth-order valence-corrected chi connectivity index (χ4v) is 3.92. The fraction of sp³-hybridized carbons (Fsp3) is 0.217. The summed E-state index contributed by atoms with van der Waals surface area (Å²) in [5.74, 6) is -0.410. The number of hydrogen-bond donors (Lipinski definition) is 3. The van der Waals surface area contributed by atoms with E-state index in [1.165, 1.54) is 0 Å². The number of para-hydroxylation sites is 1. The van der Waals surface area contributed by atoms with Crippen LogP contribution in [0.3, 0.4) is 0 Å². The van der Waals surface area contributed by atoms with Gasteiger partial charge in [0.1, 0.15) is 23.2 Å². The molecule has 2 heterocycles. The number of aromatic nitrogens is 2. The molecule has 8 heteroatoms. The number of aliphatic carboxylic acids is 1. The number of methoxy groups -OCH3 is 2. The highest BCUT2D eigenvalue weighted by Crippen LogP contribution is 2.35. The second kappa shape index (κ2) is 8.06. The maximum Gasteiger partial charge on any atom is 0.326 e. The van der Waals surface area contributed by atoms with E-state index >= 15 is 0 Å². The summed E-state index contributed by atoms with van der Waals surface area (Å²) in [6.45, 7) is 0. The Morgan fingerprint density at radius 1 is 1.10 bits per heavy atom. The Labute approximate surface area is 178 Å². The zero-order valence-electron chi connectivity index (χ0n) is 17.4. The molecule has 0 radical (unpaired) electrons. The molecule has 160 valence electrons. The lowest BCUT2D eigenvalue weighted by Crippen LogP contribution is -2.42. The standard InChI is InChI=1S/C23H23N3O5/c1-26-18(11-15-19(30-2)8-9-20(31-3)21(15)26)22(27)25-17(23(28)29)10-13-12-24-16-7-5-4-6-14(13)16/h4-9,11-12,17,24H,10H2,1-3H3,(H,25,27)(H,28,29)/t17-/m0/s1. The molecule has 0 aliphatic heterocycles. The largest absolute Gasteiger partial charge is 0.496 e. The number of amides is 1. The number of benzene rings is 2. The molecule has 0 spiro atoms. The Bertz CT molecular complexity index is 1290. The minimum absolute atomic E-state index is 0.154. The molecule has 1 amide bonds. The first kappa shape index (κ1) is 20.3. The summed E-state index contributed by atoms with van der Waals surface area (Å²) in [5, 5.41) is 14.0. The Morgan fingerprint density at radius 3 is 2.52 bits per heavy atom. The summed E-state index contributed by atoms with van der Waals surface area (Å²) in [5.41, 5.74) is 2.74. The van der Waals surface area contributed by atoms with E-state index in [4.69, 9.17) is 9.47 Å². The number of carbonyl (C=O) groups is 2. The van der Waals surface area contributed by atoms with Crippen LogP contribution in [-0.4, -0.2) is 46.8 Å². The Hall–Kier alpha value is -3.94. The summed E-state index contributed by atoms with van der Waals surface area (Å²) < 4.78 is 12.5. The van der Waals surface area contributed by atoms with E-state index in [2.05, 4.69) is 10.3 Å². The van der Waals surface area contributed by atoms with Gasteiger partial charge in [0, 0.05) is 36.0 Å². The summed E-state index contributed by atoms with van der Waals surface area (Å²) in [6, 6.07) is 11.8. The van der Waals surface area contributed by atoms with Crippen LogP contribution in [0.15, 0.2) is 48.7 Å². The Morgan fingerprint density at radius 2 is 1.81 bits per heavy atom. The van der Waals surface area contributed by atoms with Gasteiger partial charge in [0.25, 0.3) is 5.91 Å². The van der Waals surface area contributed by atoms with Gasteiger partial charge in [0.2, 0.25) is 0 Å². The van der Waals surface area contributed by atoms with E-state index < -0.39 is 17.9 Å². The van der Waals surface area contributed by atoms with Gasteiger partial charge in [-0.1, -0.05) is 18.2 Å². The molecule has 8 nitrogen and oxygen atoms in total. The van der Waals surface area contributed by atoms with Crippen molar-refractivity contribution in [1.82, 2.24) is 14.9 Å². The van der Waals surface area contributed by atoms with Gasteiger partial charge < -0.3 is 29.4 Å². The molecule has 4 rings (SSSR count). The number of carbonyl (C=O) groups excluding carboxylic acids is 1. The van der Waals surface area contributed by atoms with Gasteiger partial charge in [-0.15, -0.1) is 0 Å².